The Hall–Kier alpha value is -1.19. The maximum absolute atomic E-state index is 5.49. The fourth-order valence-electron chi connectivity index (χ4n) is 1.64. The quantitative estimate of drug-likeness (QED) is 0.804. The predicted octanol–water partition coefficient (Wildman–Crippen LogP) is 3.13. The minimum atomic E-state index is 0.693. The van der Waals surface area contributed by atoms with Gasteiger partial charge in [-0.15, -0.1) is 11.3 Å². The van der Waals surface area contributed by atoms with Crippen molar-refractivity contribution < 1.29 is 0 Å². The van der Waals surface area contributed by atoms with Crippen LogP contribution in [0.4, 0.5) is 0 Å². The second-order valence-corrected chi connectivity index (χ2v) is 4.98. The van der Waals surface area contributed by atoms with Crippen LogP contribution in [0.2, 0.25) is 0 Å². The Morgan fingerprint density at radius 3 is 2.88 bits per heavy atom. The first-order valence-corrected chi connectivity index (χ1v) is 6.32. The van der Waals surface area contributed by atoms with Crippen molar-refractivity contribution >= 4 is 21.6 Å². The van der Waals surface area contributed by atoms with E-state index >= 15 is 0 Å². The molecule has 0 saturated heterocycles. The maximum Gasteiger partial charge on any atom is 0.0941 e. The number of nitrogens with two attached hydrogens (primary N) is 1. The van der Waals surface area contributed by atoms with Crippen molar-refractivity contribution in [2.75, 3.05) is 6.54 Å². The zero-order valence-corrected chi connectivity index (χ0v) is 10.1. The molecule has 2 aromatic rings. The number of hydrogen-bond acceptors (Lipinski definition) is 3. The highest BCUT2D eigenvalue weighted by Crippen LogP contribution is 2.23. The van der Waals surface area contributed by atoms with Crippen LogP contribution < -0.4 is 5.73 Å². The summed E-state index contributed by atoms with van der Waals surface area (Å²) in [6, 6.07) is 8.26. The van der Waals surface area contributed by atoms with Gasteiger partial charge in [0.15, 0.2) is 0 Å². The van der Waals surface area contributed by atoms with E-state index in [0.717, 1.165) is 24.8 Å². The van der Waals surface area contributed by atoms with Gasteiger partial charge in [-0.05, 0) is 31.5 Å². The number of thiazole rings is 1. The molecule has 0 spiro atoms. The number of aryl methyl sites for hydroxylation is 1. The average Bonchev–Trinajstić information content (AvgIpc) is 2.69. The molecular weight excluding hydrogens is 216 g/mol. The van der Waals surface area contributed by atoms with Crippen molar-refractivity contribution in [3.05, 3.63) is 41.4 Å². The third-order valence-corrected chi connectivity index (χ3v) is 3.62. The molecule has 0 aliphatic rings. The van der Waals surface area contributed by atoms with Gasteiger partial charge >= 0.3 is 0 Å². The topological polar surface area (TPSA) is 38.9 Å². The van der Waals surface area contributed by atoms with Crippen molar-refractivity contribution in [2.24, 2.45) is 5.73 Å². The molecule has 1 aromatic carbocycles. The summed E-state index contributed by atoms with van der Waals surface area (Å²) >= 11 is 1.77. The van der Waals surface area contributed by atoms with Crippen LogP contribution in [0.5, 0.6) is 0 Å². The number of rotatable bonds is 5. The third-order valence-electron chi connectivity index (χ3n) is 2.53. The molecule has 0 amide bonds. The lowest BCUT2D eigenvalue weighted by Crippen LogP contribution is -2.00. The van der Waals surface area contributed by atoms with Gasteiger partial charge in [0.1, 0.15) is 0 Å². The number of benzene rings is 1. The Bertz CT molecular complexity index is 454. The summed E-state index contributed by atoms with van der Waals surface area (Å²) in [6.45, 7) is 4.70. The highest BCUT2D eigenvalue weighted by atomic mass is 32.1. The Morgan fingerprint density at radius 1 is 1.31 bits per heavy atom. The molecule has 0 fully saturated rings. The summed E-state index contributed by atoms with van der Waals surface area (Å²) in [5.74, 6) is 0. The van der Waals surface area contributed by atoms with E-state index in [1.165, 1.54) is 15.3 Å². The van der Waals surface area contributed by atoms with Gasteiger partial charge in [-0.3, -0.25) is 0 Å². The molecule has 0 aliphatic carbocycles. The summed E-state index contributed by atoms with van der Waals surface area (Å²) < 4.78 is 1.27. The standard InChI is InChI=1S/C13H16N2S/c1-10(8-9-14)6-7-13-15-11-4-2-3-5-12(11)16-13/h2-5H,1,6-9,14H2. The number of hydrogen-bond donors (Lipinski definition) is 1. The van der Waals surface area contributed by atoms with Crippen molar-refractivity contribution in [3.8, 4) is 0 Å². The van der Waals surface area contributed by atoms with Crippen LogP contribution in [0.1, 0.15) is 17.8 Å². The second-order valence-electron chi connectivity index (χ2n) is 3.86. The number of nitrogens with zero attached hydrogens (tertiary/aromatic N) is 1. The minimum absolute atomic E-state index is 0.693. The van der Waals surface area contributed by atoms with Gasteiger partial charge < -0.3 is 5.73 Å². The molecule has 1 heterocycles. The molecule has 2 rings (SSSR count). The fraction of sp³-hybridized carbons (Fsp3) is 0.308. The molecule has 2 N–H and O–H groups in total. The number of para-hydroxylation sites is 1. The lowest BCUT2D eigenvalue weighted by molar-refractivity contribution is 0.844. The van der Waals surface area contributed by atoms with Gasteiger partial charge in [0, 0.05) is 6.42 Å². The SMILES string of the molecule is C=C(CCN)CCc1nc2ccccc2s1. The van der Waals surface area contributed by atoms with E-state index in [0.29, 0.717) is 6.54 Å². The second kappa shape index (κ2) is 5.23. The van der Waals surface area contributed by atoms with Crippen LogP contribution in [-0.4, -0.2) is 11.5 Å². The van der Waals surface area contributed by atoms with Gasteiger partial charge in [-0.25, -0.2) is 4.98 Å². The van der Waals surface area contributed by atoms with Crippen LogP contribution in [0.25, 0.3) is 10.2 Å². The van der Waals surface area contributed by atoms with Gasteiger partial charge in [0.2, 0.25) is 0 Å². The molecule has 84 valence electrons. The summed E-state index contributed by atoms with van der Waals surface area (Å²) in [7, 11) is 0. The Morgan fingerprint density at radius 2 is 2.12 bits per heavy atom. The highest BCUT2D eigenvalue weighted by Gasteiger charge is 2.03. The number of aromatic nitrogens is 1. The summed E-state index contributed by atoms with van der Waals surface area (Å²) in [4.78, 5) is 4.59. The molecule has 0 unspecified atom stereocenters. The Kier molecular flexibility index (Phi) is 3.70. The molecule has 2 nitrogen and oxygen atoms in total. The average molecular weight is 232 g/mol. The molecule has 0 bridgehead atoms. The van der Waals surface area contributed by atoms with Gasteiger partial charge in [0.25, 0.3) is 0 Å². The molecule has 1 aromatic heterocycles. The van der Waals surface area contributed by atoms with Crippen molar-refractivity contribution in [3.63, 3.8) is 0 Å². The minimum Gasteiger partial charge on any atom is -0.330 e. The largest absolute Gasteiger partial charge is 0.330 e. The fourth-order valence-corrected chi connectivity index (χ4v) is 2.61. The molecule has 0 aliphatic heterocycles. The van der Waals surface area contributed by atoms with E-state index in [9.17, 15) is 0 Å². The zero-order chi connectivity index (χ0) is 11.4. The summed E-state index contributed by atoms with van der Waals surface area (Å²) in [5.41, 5.74) is 7.81. The van der Waals surface area contributed by atoms with Gasteiger partial charge in [-0.2, -0.15) is 0 Å². The Balaban J connectivity index is 2.02. The Labute approximate surface area is 99.8 Å². The zero-order valence-electron chi connectivity index (χ0n) is 9.28. The first kappa shape index (κ1) is 11.3. The van der Waals surface area contributed by atoms with Crippen molar-refractivity contribution in [1.29, 1.82) is 0 Å². The van der Waals surface area contributed by atoms with E-state index in [1.54, 1.807) is 11.3 Å². The molecule has 0 radical (unpaired) electrons. The van der Waals surface area contributed by atoms with Crippen LogP contribution in [-0.2, 0) is 6.42 Å². The van der Waals surface area contributed by atoms with E-state index in [2.05, 4.69) is 29.8 Å². The van der Waals surface area contributed by atoms with Crippen LogP contribution in [0.3, 0.4) is 0 Å². The monoisotopic (exact) mass is 232 g/mol. The first-order valence-electron chi connectivity index (χ1n) is 5.51. The molecule has 0 saturated carbocycles. The van der Waals surface area contributed by atoms with Crippen LogP contribution in [0.15, 0.2) is 36.4 Å². The molecule has 0 atom stereocenters. The van der Waals surface area contributed by atoms with Crippen LogP contribution in [0, 0.1) is 0 Å². The van der Waals surface area contributed by atoms with E-state index in [-0.39, 0.29) is 0 Å². The van der Waals surface area contributed by atoms with E-state index < -0.39 is 0 Å². The molecule has 3 heteroatoms. The van der Waals surface area contributed by atoms with E-state index in [4.69, 9.17) is 5.73 Å². The maximum atomic E-state index is 5.49. The lowest BCUT2D eigenvalue weighted by Gasteiger charge is -2.00. The normalized spacial score (nSPS) is 10.8. The lowest BCUT2D eigenvalue weighted by atomic mass is 10.1. The van der Waals surface area contributed by atoms with Crippen LogP contribution >= 0.6 is 11.3 Å². The van der Waals surface area contributed by atoms with Crippen molar-refractivity contribution in [1.82, 2.24) is 4.98 Å². The van der Waals surface area contributed by atoms with Crippen molar-refractivity contribution in [2.45, 2.75) is 19.3 Å². The third kappa shape index (κ3) is 2.68. The smallest absolute Gasteiger partial charge is 0.0941 e. The molecule has 16 heavy (non-hydrogen) atoms. The predicted molar refractivity (Wildman–Crippen MR) is 70.8 cm³/mol. The first-order chi connectivity index (χ1) is 7.79. The van der Waals surface area contributed by atoms with Gasteiger partial charge in [-0.1, -0.05) is 24.3 Å². The molecular formula is C13H16N2S. The summed E-state index contributed by atoms with van der Waals surface area (Å²) in [5, 5.41) is 1.19. The summed E-state index contributed by atoms with van der Waals surface area (Å²) in [6.07, 6.45) is 2.90. The number of fused-ring (bicyclic) bond motifs is 1. The highest BCUT2D eigenvalue weighted by molar-refractivity contribution is 7.18. The van der Waals surface area contributed by atoms with E-state index in [1.807, 2.05) is 6.07 Å². The van der Waals surface area contributed by atoms with Gasteiger partial charge in [0.05, 0.1) is 15.2 Å².